The van der Waals surface area contributed by atoms with Crippen LogP contribution in [-0.4, -0.2) is 44.6 Å². The second kappa shape index (κ2) is 7.90. The van der Waals surface area contributed by atoms with Gasteiger partial charge < -0.3 is 15.5 Å². The standard InChI is InChI=1S/C16H26N4/c1-17-16(18-11-14-7-4-3-5-8-14)19-12-15-9-6-10-20(2)13-15/h3-5,7-8,15H,6,9-13H2,1-2H3,(H2,17,18,19). The summed E-state index contributed by atoms with van der Waals surface area (Å²) in [6.07, 6.45) is 2.62. The number of nitrogens with one attached hydrogen (secondary N) is 2. The lowest BCUT2D eigenvalue weighted by molar-refractivity contribution is 0.210. The molecular formula is C16H26N4. The first-order chi connectivity index (χ1) is 9.78. The van der Waals surface area contributed by atoms with Gasteiger partial charge in [-0.25, -0.2) is 0 Å². The van der Waals surface area contributed by atoms with Crippen molar-refractivity contribution in [1.82, 2.24) is 15.5 Å². The van der Waals surface area contributed by atoms with Crippen molar-refractivity contribution in [3.63, 3.8) is 0 Å². The van der Waals surface area contributed by atoms with E-state index in [1.165, 1.54) is 31.5 Å². The molecule has 4 heteroatoms. The van der Waals surface area contributed by atoms with Gasteiger partial charge in [0.1, 0.15) is 0 Å². The summed E-state index contributed by atoms with van der Waals surface area (Å²) in [6, 6.07) is 10.4. The highest BCUT2D eigenvalue weighted by atomic mass is 15.2. The maximum absolute atomic E-state index is 4.29. The number of rotatable bonds is 4. The summed E-state index contributed by atoms with van der Waals surface area (Å²) in [7, 11) is 4.03. The van der Waals surface area contributed by atoms with Crippen molar-refractivity contribution in [3.05, 3.63) is 35.9 Å². The fraction of sp³-hybridized carbons (Fsp3) is 0.562. The third-order valence-corrected chi connectivity index (χ3v) is 3.81. The lowest BCUT2D eigenvalue weighted by atomic mass is 9.99. The Labute approximate surface area is 122 Å². The number of aliphatic imine (C=N–C) groups is 1. The topological polar surface area (TPSA) is 39.7 Å². The molecule has 1 aliphatic heterocycles. The van der Waals surface area contributed by atoms with E-state index in [9.17, 15) is 0 Å². The van der Waals surface area contributed by atoms with Crippen LogP contribution >= 0.6 is 0 Å². The summed E-state index contributed by atoms with van der Waals surface area (Å²) in [6.45, 7) is 4.23. The van der Waals surface area contributed by atoms with E-state index < -0.39 is 0 Å². The van der Waals surface area contributed by atoms with Crippen LogP contribution < -0.4 is 10.6 Å². The van der Waals surface area contributed by atoms with Crippen LogP contribution in [0.1, 0.15) is 18.4 Å². The van der Waals surface area contributed by atoms with E-state index in [1.54, 1.807) is 0 Å². The van der Waals surface area contributed by atoms with Gasteiger partial charge in [-0.3, -0.25) is 4.99 Å². The Hall–Kier alpha value is -1.55. The molecule has 0 amide bonds. The van der Waals surface area contributed by atoms with Gasteiger partial charge >= 0.3 is 0 Å². The summed E-state index contributed by atoms with van der Waals surface area (Å²) in [5.41, 5.74) is 1.27. The Morgan fingerprint density at radius 2 is 2.10 bits per heavy atom. The maximum atomic E-state index is 4.29. The van der Waals surface area contributed by atoms with Gasteiger partial charge in [0.05, 0.1) is 0 Å². The van der Waals surface area contributed by atoms with Crippen molar-refractivity contribution < 1.29 is 0 Å². The van der Waals surface area contributed by atoms with E-state index in [2.05, 4.69) is 51.8 Å². The molecule has 2 rings (SSSR count). The molecule has 1 saturated heterocycles. The number of nitrogens with zero attached hydrogens (tertiary/aromatic N) is 2. The molecule has 0 radical (unpaired) electrons. The van der Waals surface area contributed by atoms with Crippen molar-refractivity contribution in [2.24, 2.45) is 10.9 Å². The monoisotopic (exact) mass is 274 g/mol. The normalized spacial score (nSPS) is 20.7. The van der Waals surface area contributed by atoms with Gasteiger partial charge in [0.25, 0.3) is 0 Å². The number of piperidine rings is 1. The van der Waals surface area contributed by atoms with Crippen LogP contribution in [0.25, 0.3) is 0 Å². The minimum Gasteiger partial charge on any atom is -0.356 e. The molecule has 0 aliphatic carbocycles. The largest absolute Gasteiger partial charge is 0.356 e. The highest BCUT2D eigenvalue weighted by Crippen LogP contribution is 2.13. The molecule has 4 nitrogen and oxygen atoms in total. The van der Waals surface area contributed by atoms with Crippen LogP contribution in [0.2, 0.25) is 0 Å². The molecule has 1 fully saturated rings. The zero-order valence-electron chi connectivity index (χ0n) is 12.6. The van der Waals surface area contributed by atoms with Gasteiger partial charge in [-0.1, -0.05) is 30.3 Å². The first kappa shape index (κ1) is 14.9. The third-order valence-electron chi connectivity index (χ3n) is 3.81. The molecule has 0 spiro atoms. The summed E-state index contributed by atoms with van der Waals surface area (Å²) in [4.78, 5) is 6.70. The van der Waals surface area contributed by atoms with Crippen molar-refractivity contribution in [2.75, 3.05) is 33.7 Å². The zero-order valence-corrected chi connectivity index (χ0v) is 12.6. The van der Waals surface area contributed by atoms with E-state index in [4.69, 9.17) is 0 Å². The molecule has 0 aromatic heterocycles. The van der Waals surface area contributed by atoms with Crippen molar-refractivity contribution >= 4 is 5.96 Å². The molecule has 0 saturated carbocycles. The minimum atomic E-state index is 0.726. The Bertz CT molecular complexity index is 416. The molecule has 1 aromatic carbocycles. The second-order valence-electron chi connectivity index (χ2n) is 5.56. The number of benzene rings is 1. The highest BCUT2D eigenvalue weighted by Gasteiger charge is 2.17. The Kier molecular flexibility index (Phi) is 5.87. The molecule has 1 unspecified atom stereocenters. The van der Waals surface area contributed by atoms with Gasteiger partial charge in [-0.2, -0.15) is 0 Å². The lowest BCUT2D eigenvalue weighted by Gasteiger charge is -2.30. The van der Waals surface area contributed by atoms with Crippen molar-refractivity contribution in [1.29, 1.82) is 0 Å². The molecule has 1 aromatic rings. The molecule has 2 N–H and O–H groups in total. The molecule has 1 aliphatic rings. The summed E-state index contributed by atoms with van der Waals surface area (Å²) in [5, 5.41) is 6.80. The number of likely N-dealkylation sites (tertiary alicyclic amines) is 1. The number of hydrogen-bond donors (Lipinski definition) is 2. The lowest BCUT2D eigenvalue weighted by Crippen LogP contribution is -2.43. The fourth-order valence-electron chi connectivity index (χ4n) is 2.68. The summed E-state index contributed by atoms with van der Waals surface area (Å²) < 4.78 is 0. The number of hydrogen-bond acceptors (Lipinski definition) is 2. The van der Waals surface area contributed by atoms with E-state index in [-0.39, 0.29) is 0 Å². The third kappa shape index (κ3) is 4.85. The minimum absolute atomic E-state index is 0.726. The van der Waals surface area contributed by atoms with Crippen molar-refractivity contribution in [2.45, 2.75) is 19.4 Å². The van der Waals surface area contributed by atoms with E-state index >= 15 is 0 Å². The Morgan fingerprint density at radius 3 is 2.80 bits per heavy atom. The zero-order chi connectivity index (χ0) is 14.2. The van der Waals surface area contributed by atoms with Crippen LogP contribution in [0.15, 0.2) is 35.3 Å². The Balaban J connectivity index is 1.72. The smallest absolute Gasteiger partial charge is 0.191 e. The molecular weight excluding hydrogens is 248 g/mol. The van der Waals surface area contributed by atoms with E-state index in [0.717, 1.165) is 25.0 Å². The van der Waals surface area contributed by atoms with Gasteiger partial charge in [0.15, 0.2) is 5.96 Å². The molecule has 1 heterocycles. The van der Waals surface area contributed by atoms with Crippen molar-refractivity contribution in [3.8, 4) is 0 Å². The summed E-state index contributed by atoms with van der Waals surface area (Å²) >= 11 is 0. The molecule has 1 atom stereocenters. The van der Waals surface area contributed by atoms with Gasteiger partial charge in [-0.05, 0) is 37.9 Å². The first-order valence-electron chi connectivity index (χ1n) is 7.45. The fourth-order valence-corrected chi connectivity index (χ4v) is 2.68. The van der Waals surface area contributed by atoms with Gasteiger partial charge in [-0.15, -0.1) is 0 Å². The van der Waals surface area contributed by atoms with Crippen LogP contribution in [0.4, 0.5) is 0 Å². The van der Waals surface area contributed by atoms with Gasteiger partial charge in [0, 0.05) is 26.7 Å². The quantitative estimate of drug-likeness (QED) is 0.648. The molecule has 110 valence electrons. The van der Waals surface area contributed by atoms with E-state index in [1.807, 2.05) is 13.1 Å². The van der Waals surface area contributed by atoms with E-state index in [0.29, 0.717) is 0 Å². The Morgan fingerprint density at radius 1 is 1.30 bits per heavy atom. The second-order valence-corrected chi connectivity index (χ2v) is 5.56. The predicted molar refractivity (Wildman–Crippen MR) is 84.9 cm³/mol. The SMILES string of the molecule is CN=C(NCc1ccccc1)NCC1CCCN(C)C1. The molecule has 0 bridgehead atoms. The van der Waals surface area contributed by atoms with Gasteiger partial charge in [0.2, 0.25) is 0 Å². The maximum Gasteiger partial charge on any atom is 0.191 e. The summed E-state index contributed by atoms with van der Waals surface area (Å²) in [5.74, 6) is 1.62. The van der Waals surface area contributed by atoms with Crippen LogP contribution in [0, 0.1) is 5.92 Å². The number of guanidine groups is 1. The average Bonchev–Trinajstić information content (AvgIpc) is 2.48. The van der Waals surface area contributed by atoms with Crippen LogP contribution in [0.5, 0.6) is 0 Å². The first-order valence-corrected chi connectivity index (χ1v) is 7.45. The predicted octanol–water partition coefficient (Wildman–Crippen LogP) is 1.69. The molecule has 20 heavy (non-hydrogen) atoms. The van der Waals surface area contributed by atoms with Crippen LogP contribution in [-0.2, 0) is 6.54 Å². The van der Waals surface area contributed by atoms with Crippen LogP contribution in [0.3, 0.4) is 0 Å². The average molecular weight is 274 g/mol. The highest BCUT2D eigenvalue weighted by molar-refractivity contribution is 5.79.